The van der Waals surface area contributed by atoms with E-state index in [2.05, 4.69) is 22.4 Å². The van der Waals surface area contributed by atoms with Gasteiger partial charge in [0.1, 0.15) is 11.5 Å². The van der Waals surface area contributed by atoms with Gasteiger partial charge in [-0.2, -0.15) is 5.26 Å². The predicted molar refractivity (Wildman–Crippen MR) is 114 cm³/mol. The van der Waals surface area contributed by atoms with E-state index in [1.54, 1.807) is 0 Å². The van der Waals surface area contributed by atoms with E-state index in [1.807, 2.05) is 41.1 Å². The van der Waals surface area contributed by atoms with E-state index in [0.29, 0.717) is 44.8 Å². The Hall–Kier alpha value is -2.95. The lowest BCUT2D eigenvalue weighted by molar-refractivity contribution is 0.122. The third-order valence-electron chi connectivity index (χ3n) is 6.01. The largest absolute Gasteiger partial charge is 0.378 e. The summed E-state index contributed by atoms with van der Waals surface area (Å²) in [4.78, 5) is 7.22. The van der Waals surface area contributed by atoms with Crippen LogP contribution in [0.4, 0.5) is 10.2 Å². The highest BCUT2D eigenvalue weighted by Crippen LogP contribution is 2.34. The Morgan fingerprint density at radius 3 is 2.70 bits per heavy atom. The molecule has 0 radical (unpaired) electrons. The average molecular weight is 405 g/mol. The van der Waals surface area contributed by atoms with Gasteiger partial charge in [-0.05, 0) is 42.8 Å². The molecule has 6 nitrogen and oxygen atoms in total. The van der Waals surface area contributed by atoms with Crippen LogP contribution in [0.1, 0.15) is 12.0 Å². The van der Waals surface area contributed by atoms with Gasteiger partial charge < -0.3 is 19.5 Å². The van der Waals surface area contributed by atoms with Crippen LogP contribution in [-0.2, 0) is 11.3 Å². The van der Waals surface area contributed by atoms with Crippen LogP contribution in [0.15, 0.2) is 42.6 Å². The zero-order valence-corrected chi connectivity index (χ0v) is 16.8. The molecular weight excluding hydrogens is 381 g/mol. The maximum atomic E-state index is 15.1. The number of nitriles is 1. The topological polar surface area (TPSA) is 66.1 Å². The molecule has 2 saturated heterocycles. The van der Waals surface area contributed by atoms with Gasteiger partial charge in [0.15, 0.2) is 0 Å². The number of nitrogens with zero attached hydrogens (tertiary/aromatic N) is 4. The van der Waals surface area contributed by atoms with Gasteiger partial charge in [0.05, 0.1) is 42.4 Å². The normalized spacial score (nSPS) is 21.8. The Bertz CT molecular complexity index is 1090. The molecule has 0 aliphatic carbocycles. The Kier molecular flexibility index (Phi) is 4.89. The van der Waals surface area contributed by atoms with Crippen LogP contribution in [0.3, 0.4) is 0 Å². The van der Waals surface area contributed by atoms with Crippen molar-refractivity contribution in [1.29, 1.82) is 5.26 Å². The Labute approximate surface area is 174 Å². The molecule has 0 saturated carbocycles. The van der Waals surface area contributed by atoms with E-state index in [4.69, 9.17) is 15.0 Å². The molecule has 1 atom stereocenters. The number of morpholine rings is 1. The smallest absolute Gasteiger partial charge is 0.142 e. The van der Waals surface area contributed by atoms with Crippen molar-refractivity contribution in [3.05, 3.63) is 48.2 Å². The van der Waals surface area contributed by atoms with Crippen molar-refractivity contribution in [2.24, 2.45) is 0 Å². The maximum absolute atomic E-state index is 15.1. The summed E-state index contributed by atoms with van der Waals surface area (Å²) in [5.74, 6) is 0.908. The number of anilines is 1. The second-order valence-corrected chi connectivity index (χ2v) is 8.07. The summed E-state index contributed by atoms with van der Waals surface area (Å²) in [7, 11) is 0. The fourth-order valence-corrected chi connectivity index (χ4v) is 4.34. The van der Waals surface area contributed by atoms with Gasteiger partial charge in [-0.1, -0.05) is 12.1 Å². The third-order valence-corrected chi connectivity index (χ3v) is 6.01. The van der Waals surface area contributed by atoms with Crippen LogP contribution in [-0.4, -0.2) is 54.6 Å². The molecule has 2 aliphatic rings. The molecule has 2 aromatic heterocycles. The van der Waals surface area contributed by atoms with Crippen molar-refractivity contribution in [3.8, 4) is 17.2 Å². The Morgan fingerprint density at radius 2 is 2.00 bits per heavy atom. The molecule has 1 aromatic carbocycles. The summed E-state index contributed by atoms with van der Waals surface area (Å²) in [5, 5.41) is 12.3. The highest BCUT2D eigenvalue weighted by molar-refractivity contribution is 5.88. The lowest BCUT2D eigenvalue weighted by atomic mass is 10.0. The minimum Gasteiger partial charge on any atom is -0.378 e. The number of pyridine rings is 1. The number of aromatic nitrogens is 2. The number of fused-ring (bicyclic) bond motifs is 1. The first-order valence-electron chi connectivity index (χ1n) is 10.4. The summed E-state index contributed by atoms with van der Waals surface area (Å²) in [6.07, 6.45) is 2.46. The summed E-state index contributed by atoms with van der Waals surface area (Å²) < 4.78 is 22.6. The monoisotopic (exact) mass is 405 g/mol. The van der Waals surface area contributed by atoms with E-state index in [0.717, 1.165) is 41.1 Å². The Balaban J connectivity index is 1.61. The van der Waals surface area contributed by atoms with Gasteiger partial charge in [-0.25, -0.2) is 9.37 Å². The molecule has 5 rings (SSSR count). The first kappa shape index (κ1) is 19.0. The fraction of sp³-hybridized carbons (Fsp3) is 0.391. The molecule has 4 heterocycles. The minimum absolute atomic E-state index is 0.314. The molecule has 154 valence electrons. The van der Waals surface area contributed by atoms with Gasteiger partial charge in [0, 0.05) is 31.4 Å². The predicted octanol–water partition coefficient (Wildman–Crippen LogP) is 3.11. The molecule has 7 heteroatoms. The van der Waals surface area contributed by atoms with Gasteiger partial charge >= 0.3 is 0 Å². The molecule has 0 spiro atoms. The molecule has 3 aromatic rings. The number of benzene rings is 1. The molecule has 0 amide bonds. The fourth-order valence-electron chi connectivity index (χ4n) is 4.34. The van der Waals surface area contributed by atoms with Crippen molar-refractivity contribution < 1.29 is 9.13 Å². The lowest BCUT2D eigenvalue weighted by Crippen LogP contribution is -2.37. The molecule has 2 fully saturated rings. The second kappa shape index (κ2) is 7.71. The van der Waals surface area contributed by atoms with Crippen molar-refractivity contribution in [1.82, 2.24) is 14.9 Å². The van der Waals surface area contributed by atoms with Crippen LogP contribution in [0.25, 0.3) is 22.2 Å². The second-order valence-electron chi connectivity index (χ2n) is 8.07. The highest BCUT2D eigenvalue weighted by atomic mass is 19.1. The number of halogens is 1. The first-order valence-corrected chi connectivity index (χ1v) is 10.4. The van der Waals surface area contributed by atoms with Gasteiger partial charge in [-0.3, -0.25) is 0 Å². The SMILES string of the molecule is N#Cc1ccc(-c2cc3c(ccn3CC3(F)CCNC3)nc2N2CCOCC2)cc1. The van der Waals surface area contributed by atoms with Crippen LogP contribution < -0.4 is 10.2 Å². The summed E-state index contributed by atoms with van der Waals surface area (Å²) in [6, 6.07) is 13.8. The standard InChI is InChI=1S/C23H24FN5O/c24-23(6-7-26-15-23)16-29-8-5-20-21(29)13-19(18-3-1-17(14-25)2-4-18)22(27-20)28-9-11-30-12-10-28/h1-5,8,13,26H,6-7,9-12,15-16H2. The number of hydrogen-bond donors (Lipinski definition) is 1. The summed E-state index contributed by atoms with van der Waals surface area (Å²) in [5.41, 5.74) is 3.17. The van der Waals surface area contributed by atoms with E-state index in [9.17, 15) is 0 Å². The van der Waals surface area contributed by atoms with Crippen LogP contribution in [0, 0.1) is 11.3 Å². The lowest BCUT2D eigenvalue weighted by Gasteiger charge is -2.30. The Morgan fingerprint density at radius 1 is 1.20 bits per heavy atom. The average Bonchev–Trinajstić information content (AvgIpc) is 3.39. The third kappa shape index (κ3) is 3.53. The maximum Gasteiger partial charge on any atom is 0.142 e. The molecular formula is C23H24FN5O. The van der Waals surface area contributed by atoms with Crippen LogP contribution >= 0.6 is 0 Å². The molecule has 0 bridgehead atoms. The zero-order valence-electron chi connectivity index (χ0n) is 16.8. The number of alkyl halides is 1. The molecule has 30 heavy (non-hydrogen) atoms. The highest BCUT2D eigenvalue weighted by Gasteiger charge is 2.34. The molecule has 1 N–H and O–H groups in total. The van der Waals surface area contributed by atoms with E-state index < -0.39 is 5.67 Å². The van der Waals surface area contributed by atoms with Crippen molar-refractivity contribution in [2.75, 3.05) is 44.3 Å². The van der Waals surface area contributed by atoms with Gasteiger partial charge in [0.25, 0.3) is 0 Å². The zero-order chi connectivity index (χ0) is 20.6. The number of rotatable bonds is 4. The van der Waals surface area contributed by atoms with Crippen molar-refractivity contribution in [3.63, 3.8) is 0 Å². The summed E-state index contributed by atoms with van der Waals surface area (Å²) in [6.45, 7) is 4.31. The number of hydrogen-bond acceptors (Lipinski definition) is 5. The first-order chi connectivity index (χ1) is 14.6. The van der Waals surface area contributed by atoms with Crippen LogP contribution in [0.5, 0.6) is 0 Å². The van der Waals surface area contributed by atoms with Gasteiger partial charge in [0.2, 0.25) is 0 Å². The van der Waals surface area contributed by atoms with Crippen LogP contribution in [0.2, 0.25) is 0 Å². The molecule has 2 aliphatic heterocycles. The van der Waals surface area contributed by atoms with E-state index in [-0.39, 0.29) is 0 Å². The van der Waals surface area contributed by atoms with E-state index >= 15 is 4.39 Å². The van der Waals surface area contributed by atoms with Crippen molar-refractivity contribution in [2.45, 2.75) is 18.6 Å². The number of ether oxygens (including phenoxy) is 1. The van der Waals surface area contributed by atoms with E-state index in [1.165, 1.54) is 0 Å². The molecule has 1 unspecified atom stereocenters. The minimum atomic E-state index is -1.23. The quantitative estimate of drug-likeness (QED) is 0.723. The van der Waals surface area contributed by atoms with Crippen molar-refractivity contribution >= 4 is 16.9 Å². The summed E-state index contributed by atoms with van der Waals surface area (Å²) >= 11 is 0. The van der Waals surface area contributed by atoms with Gasteiger partial charge in [-0.15, -0.1) is 0 Å². The number of nitrogens with one attached hydrogen (secondary N) is 1.